The lowest BCUT2D eigenvalue weighted by molar-refractivity contribution is 0.395. The molecule has 7 rings (SSSR count). The van der Waals surface area contributed by atoms with Crippen LogP contribution in [0.3, 0.4) is 0 Å². The van der Waals surface area contributed by atoms with Crippen LogP contribution in [0.15, 0.2) is 103 Å². The molecule has 0 aliphatic rings. The number of fused-ring (bicyclic) bond motifs is 4. The molecule has 7 aromatic rings. The van der Waals surface area contributed by atoms with Gasteiger partial charge in [0, 0.05) is 35.4 Å². The van der Waals surface area contributed by atoms with Crippen LogP contribution in [0.5, 0.6) is 23.0 Å². The van der Waals surface area contributed by atoms with E-state index in [2.05, 4.69) is 0 Å². The predicted octanol–water partition coefficient (Wildman–Crippen LogP) is 7.57. The summed E-state index contributed by atoms with van der Waals surface area (Å²) in [7, 11) is 6.18. The minimum Gasteiger partial charge on any atom is -0.496 e. The van der Waals surface area contributed by atoms with Crippen LogP contribution in [-0.4, -0.2) is 28.4 Å². The Balaban J connectivity index is 1.60. The first-order valence-electron chi connectivity index (χ1n) is 13.8. The SMILES string of the molecule is COc1cc(OC)c2cc(-c3c4ccccc4c(-c4cc5c(OC)cc(OC)cc5oc4=O)c4ccccc34)c(=O)oc2c1. The third kappa shape index (κ3) is 4.14. The van der Waals surface area contributed by atoms with E-state index < -0.39 is 11.3 Å². The topological polar surface area (TPSA) is 97.3 Å². The molecule has 0 N–H and O–H groups in total. The quantitative estimate of drug-likeness (QED) is 0.145. The van der Waals surface area contributed by atoms with Crippen molar-refractivity contribution in [3.8, 4) is 45.3 Å². The average molecular weight is 587 g/mol. The Hall–Kier alpha value is -5.76. The maximum atomic E-state index is 13.7. The molecule has 0 bridgehead atoms. The minimum atomic E-state index is -0.514. The summed E-state index contributed by atoms with van der Waals surface area (Å²) >= 11 is 0. The summed E-state index contributed by atoms with van der Waals surface area (Å²) in [5.41, 5.74) is 1.75. The van der Waals surface area contributed by atoms with E-state index >= 15 is 0 Å². The molecule has 0 radical (unpaired) electrons. The molecule has 5 aromatic carbocycles. The zero-order valence-corrected chi connectivity index (χ0v) is 24.3. The summed E-state index contributed by atoms with van der Waals surface area (Å²) < 4.78 is 33.7. The normalized spacial score (nSPS) is 11.4. The van der Waals surface area contributed by atoms with Crippen LogP contribution in [0.4, 0.5) is 0 Å². The molecule has 0 aliphatic heterocycles. The molecule has 2 aromatic heterocycles. The monoisotopic (exact) mass is 586 g/mol. The lowest BCUT2D eigenvalue weighted by atomic mass is 9.86. The van der Waals surface area contributed by atoms with Crippen molar-refractivity contribution in [2.24, 2.45) is 0 Å². The molecule has 0 spiro atoms. The van der Waals surface area contributed by atoms with Crippen molar-refractivity contribution in [1.29, 1.82) is 0 Å². The van der Waals surface area contributed by atoms with Crippen molar-refractivity contribution >= 4 is 43.5 Å². The summed E-state index contributed by atoms with van der Waals surface area (Å²) in [6, 6.07) is 25.7. The van der Waals surface area contributed by atoms with Crippen LogP contribution in [0.25, 0.3) is 65.7 Å². The molecule has 8 heteroatoms. The smallest absolute Gasteiger partial charge is 0.344 e. The van der Waals surface area contributed by atoms with Crippen LogP contribution in [0.2, 0.25) is 0 Å². The van der Waals surface area contributed by atoms with Crippen LogP contribution >= 0.6 is 0 Å². The van der Waals surface area contributed by atoms with Crippen molar-refractivity contribution in [3.63, 3.8) is 0 Å². The van der Waals surface area contributed by atoms with Crippen molar-refractivity contribution in [3.05, 3.63) is 106 Å². The number of hydrogen-bond donors (Lipinski definition) is 0. The zero-order chi connectivity index (χ0) is 30.5. The Labute approximate surface area is 250 Å². The Morgan fingerprint density at radius 1 is 0.455 bits per heavy atom. The molecule has 0 saturated heterocycles. The van der Waals surface area contributed by atoms with E-state index in [-0.39, 0.29) is 0 Å². The summed E-state index contributed by atoms with van der Waals surface area (Å²) in [4.78, 5) is 27.3. The van der Waals surface area contributed by atoms with Gasteiger partial charge in [-0.3, -0.25) is 0 Å². The van der Waals surface area contributed by atoms with E-state index in [1.54, 1.807) is 50.6 Å². The van der Waals surface area contributed by atoms with Gasteiger partial charge in [-0.25, -0.2) is 9.59 Å². The maximum absolute atomic E-state index is 13.7. The molecular formula is C36H26O8. The minimum absolute atomic E-state index is 0.347. The van der Waals surface area contributed by atoms with Gasteiger partial charge in [0.15, 0.2) is 0 Å². The highest BCUT2D eigenvalue weighted by molar-refractivity contribution is 6.21. The molecule has 2 heterocycles. The first-order chi connectivity index (χ1) is 21.4. The first-order valence-corrected chi connectivity index (χ1v) is 13.8. The van der Waals surface area contributed by atoms with E-state index in [0.717, 1.165) is 21.5 Å². The van der Waals surface area contributed by atoms with Gasteiger partial charge >= 0.3 is 11.3 Å². The van der Waals surface area contributed by atoms with Crippen molar-refractivity contribution < 1.29 is 27.8 Å². The second-order valence-corrected chi connectivity index (χ2v) is 10.2. The summed E-state index contributed by atoms with van der Waals surface area (Å²) in [5, 5.41) is 4.31. The average Bonchev–Trinajstić information content (AvgIpc) is 3.05. The van der Waals surface area contributed by atoms with Crippen LogP contribution in [0.1, 0.15) is 0 Å². The second kappa shape index (κ2) is 10.5. The molecule has 8 nitrogen and oxygen atoms in total. The van der Waals surface area contributed by atoms with Gasteiger partial charge in [0.2, 0.25) is 0 Å². The Bertz CT molecular complexity index is 2160. The zero-order valence-electron chi connectivity index (χ0n) is 24.3. The van der Waals surface area contributed by atoms with Crippen molar-refractivity contribution in [2.75, 3.05) is 28.4 Å². The van der Waals surface area contributed by atoms with E-state index in [0.29, 0.717) is 67.2 Å². The van der Waals surface area contributed by atoms with Crippen LogP contribution < -0.4 is 30.2 Å². The molecule has 0 fully saturated rings. The van der Waals surface area contributed by atoms with Gasteiger partial charge in [-0.1, -0.05) is 48.5 Å². The second-order valence-electron chi connectivity index (χ2n) is 10.2. The Kier molecular flexibility index (Phi) is 6.47. The van der Waals surface area contributed by atoms with E-state index in [1.807, 2.05) is 48.5 Å². The molecule has 0 atom stereocenters. The largest absolute Gasteiger partial charge is 0.496 e. The molecule has 44 heavy (non-hydrogen) atoms. The molecule has 218 valence electrons. The van der Waals surface area contributed by atoms with E-state index in [4.69, 9.17) is 27.8 Å². The van der Waals surface area contributed by atoms with Crippen LogP contribution in [0, 0.1) is 0 Å². The van der Waals surface area contributed by atoms with E-state index in [9.17, 15) is 9.59 Å². The maximum Gasteiger partial charge on any atom is 0.344 e. The van der Waals surface area contributed by atoms with Gasteiger partial charge in [-0.05, 0) is 33.7 Å². The molecule has 0 saturated carbocycles. The molecule has 0 amide bonds. The number of hydrogen-bond acceptors (Lipinski definition) is 8. The molecule has 0 aliphatic carbocycles. The van der Waals surface area contributed by atoms with Gasteiger partial charge in [0.1, 0.15) is 34.2 Å². The standard InChI is InChI=1S/C36H26O8/c1-39-19-13-29(41-3)25-17-27(35(37)43-31(25)15-19)33-21-9-5-7-11-23(21)34(24-12-8-6-10-22(24)33)28-18-26-30(42-4)14-20(40-2)16-32(26)44-36(28)38/h5-18H,1-4H3. The highest BCUT2D eigenvalue weighted by Gasteiger charge is 2.23. The molecule has 0 unspecified atom stereocenters. The molecular weight excluding hydrogens is 560 g/mol. The van der Waals surface area contributed by atoms with Gasteiger partial charge in [0.05, 0.1) is 50.3 Å². The van der Waals surface area contributed by atoms with Gasteiger partial charge in [0.25, 0.3) is 0 Å². The number of methoxy groups -OCH3 is 4. The Morgan fingerprint density at radius 2 is 0.818 bits per heavy atom. The lowest BCUT2D eigenvalue weighted by Gasteiger charge is -2.17. The van der Waals surface area contributed by atoms with E-state index in [1.165, 1.54) is 14.2 Å². The predicted molar refractivity (Wildman–Crippen MR) is 171 cm³/mol. The van der Waals surface area contributed by atoms with Crippen molar-refractivity contribution in [1.82, 2.24) is 0 Å². The van der Waals surface area contributed by atoms with Crippen LogP contribution in [-0.2, 0) is 0 Å². The highest BCUT2D eigenvalue weighted by atomic mass is 16.5. The van der Waals surface area contributed by atoms with Gasteiger partial charge in [-0.2, -0.15) is 0 Å². The summed E-state index contributed by atoms with van der Waals surface area (Å²) in [6.07, 6.45) is 0. The third-order valence-corrected chi connectivity index (χ3v) is 7.96. The lowest BCUT2D eigenvalue weighted by Crippen LogP contribution is -2.07. The summed E-state index contributed by atoms with van der Waals surface area (Å²) in [6.45, 7) is 0. The first kappa shape index (κ1) is 27.1. The fourth-order valence-corrected chi connectivity index (χ4v) is 5.95. The summed E-state index contributed by atoms with van der Waals surface area (Å²) in [5.74, 6) is 2.03. The Morgan fingerprint density at radius 3 is 1.14 bits per heavy atom. The van der Waals surface area contributed by atoms with Gasteiger partial charge < -0.3 is 27.8 Å². The number of ether oxygens (including phenoxy) is 4. The third-order valence-electron chi connectivity index (χ3n) is 7.96. The van der Waals surface area contributed by atoms with Gasteiger partial charge in [-0.15, -0.1) is 0 Å². The number of benzene rings is 5. The fourth-order valence-electron chi connectivity index (χ4n) is 5.95. The number of rotatable bonds is 6. The fraction of sp³-hybridized carbons (Fsp3) is 0.111. The van der Waals surface area contributed by atoms with Crippen molar-refractivity contribution in [2.45, 2.75) is 0 Å². The highest BCUT2D eigenvalue weighted by Crippen LogP contribution is 2.44.